The Bertz CT molecular complexity index is 365. The highest BCUT2D eigenvalue weighted by Crippen LogP contribution is 2.38. The molecule has 16 heavy (non-hydrogen) atoms. The van der Waals surface area contributed by atoms with Crippen molar-refractivity contribution < 1.29 is 0 Å². The van der Waals surface area contributed by atoms with Crippen LogP contribution in [-0.2, 0) is 0 Å². The van der Waals surface area contributed by atoms with Crippen molar-refractivity contribution in [1.82, 2.24) is 10.6 Å². The summed E-state index contributed by atoms with van der Waals surface area (Å²) in [6.45, 7) is 3.89. The van der Waals surface area contributed by atoms with Gasteiger partial charge in [0.05, 0.1) is 5.54 Å². The van der Waals surface area contributed by atoms with Crippen LogP contribution in [0.15, 0.2) is 12.2 Å². The lowest BCUT2D eigenvalue weighted by Gasteiger charge is -2.26. The molecule has 2 aliphatic carbocycles. The summed E-state index contributed by atoms with van der Waals surface area (Å²) in [7, 11) is 0. The predicted octanol–water partition coefficient (Wildman–Crippen LogP) is 1.83. The zero-order valence-corrected chi connectivity index (χ0v) is 10.6. The van der Waals surface area contributed by atoms with Crippen LogP contribution in [0.2, 0.25) is 0 Å². The minimum Gasteiger partial charge on any atom is -0.359 e. The quantitative estimate of drug-likeness (QED) is 0.433. The van der Waals surface area contributed by atoms with E-state index in [2.05, 4.69) is 28.7 Å². The maximum atomic E-state index is 5.41. The Kier molecular flexibility index (Phi) is 2.94. The molecule has 2 rings (SSSR count). The summed E-state index contributed by atoms with van der Waals surface area (Å²) in [4.78, 5) is 0. The van der Waals surface area contributed by atoms with Gasteiger partial charge in [0, 0.05) is 6.04 Å². The van der Waals surface area contributed by atoms with Crippen molar-refractivity contribution in [3.05, 3.63) is 12.2 Å². The standard InChI is InChI=1S/C13H18N2S/c1-4-13(2,3)15-12(16)14-11-8-9-5-6-10(11)7-9/h1,5-6,9-11H,7-8H2,2-3H3,(H2,14,15,16)/t9-,10-,11-/m1/s1. The zero-order valence-electron chi connectivity index (χ0n) is 9.79. The molecule has 0 heterocycles. The molecule has 86 valence electrons. The number of nitrogens with one attached hydrogen (secondary N) is 2. The second-order valence-corrected chi connectivity index (χ2v) is 5.66. The molecule has 2 bridgehead atoms. The van der Waals surface area contributed by atoms with Crippen molar-refractivity contribution in [3.63, 3.8) is 0 Å². The Morgan fingerprint density at radius 2 is 2.19 bits per heavy atom. The van der Waals surface area contributed by atoms with Gasteiger partial charge in [-0.05, 0) is 50.7 Å². The van der Waals surface area contributed by atoms with E-state index in [-0.39, 0.29) is 5.54 Å². The minimum atomic E-state index is -0.377. The molecule has 1 saturated carbocycles. The summed E-state index contributed by atoms with van der Waals surface area (Å²) in [6, 6.07) is 0.489. The second kappa shape index (κ2) is 4.10. The van der Waals surface area contributed by atoms with Crippen molar-refractivity contribution in [2.24, 2.45) is 11.8 Å². The zero-order chi connectivity index (χ0) is 11.8. The van der Waals surface area contributed by atoms with E-state index >= 15 is 0 Å². The van der Waals surface area contributed by atoms with E-state index < -0.39 is 0 Å². The van der Waals surface area contributed by atoms with E-state index in [1.54, 1.807) is 0 Å². The molecule has 1 fully saturated rings. The Hall–Kier alpha value is -1.01. The van der Waals surface area contributed by atoms with Gasteiger partial charge in [-0.15, -0.1) is 6.42 Å². The maximum Gasteiger partial charge on any atom is 0.167 e. The highest BCUT2D eigenvalue weighted by molar-refractivity contribution is 7.80. The van der Waals surface area contributed by atoms with Crippen LogP contribution in [0, 0.1) is 24.2 Å². The first-order chi connectivity index (χ1) is 7.50. The van der Waals surface area contributed by atoms with Gasteiger partial charge in [-0.1, -0.05) is 18.1 Å². The Morgan fingerprint density at radius 3 is 2.69 bits per heavy atom. The van der Waals surface area contributed by atoms with E-state index in [1.807, 2.05) is 13.8 Å². The lowest BCUT2D eigenvalue weighted by atomic mass is 10.0. The fourth-order valence-corrected chi connectivity index (χ4v) is 2.88. The van der Waals surface area contributed by atoms with Crippen molar-refractivity contribution in [3.8, 4) is 12.3 Å². The number of thiocarbonyl (C=S) groups is 1. The third-order valence-corrected chi connectivity index (χ3v) is 3.60. The number of hydrogen-bond donors (Lipinski definition) is 2. The molecule has 0 spiro atoms. The van der Waals surface area contributed by atoms with Gasteiger partial charge in [-0.3, -0.25) is 0 Å². The first kappa shape index (κ1) is 11.5. The molecular formula is C13H18N2S. The number of rotatable bonds is 2. The fourth-order valence-electron chi connectivity index (χ4n) is 2.47. The molecule has 2 N–H and O–H groups in total. The van der Waals surface area contributed by atoms with Crippen LogP contribution in [0.25, 0.3) is 0 Å². The molecule has 0 radical (unpaired) electrons. The molecule has 0 aromatic heterocycles. The number of allylic oxidation sites excluding steroid dienone is 1. The summed E-state index contributed by atoms with van der Waals surface area (Å²) in [6.07, 6.45) is 12.5. The van der Waals surface area contributed by atoms with Crippen molar-refractivity contribution in [2.45, 2.75) is 38.3 Å². The van der Waals surface area contributed by atoms with Crippen molar-refractivity contribution in [1.29, 1.82) is 0 Å². The average Bonchev–Trinajstić information content (AvgIpc) is 2.78. The van der Waals surface area contributed by atoms with Crippen LogP contribution in [0.5, 0.6) is 0 Å². The lowest BCUT2D eigenvalue weighted by molar-refractivity contribution is 0.505. The van der Waals surface area contributed by atoms with Gasteiger partial charge in [0.1, 0.15) is 0 Å². The molecule has 0 unspecified atom stereocenters. The first-order valence-electron chi connectivity index (χ1n) is 5.75. The molecule has 0 aromatic rings. The Morgan fingerprint density at radius 1 is 1.44 bits per heavy atom. The SMILES string of the molecule is C#CC(C)(C)NC(=S)N[C@@H]1C[C@@H]2C=C[C@@H]1C2. The molecule has 0 saturated heterocycles. The van der Waals surface area contributed by atoms with Gasteiger partial charge in [-0.2, -0.15) is 0 Å². The van der Waals surface area contributed by atoms with Crippen LogP contribution >= 0.6 is 12.2 Å². The molecule has 0 aliphatic heterocycles. The van der Waals surface area contributed by atoms with Crippen LogP contribution < -0.4 is 10.6 Å². The van der Waals surface area contributed by atoms with Crippen LogP contribution in [0.4, 0.5) is 0 Å². The summed E-state index contributed by atoms with van der Waals surface area (Å²) < 4.78 is 0. The molecule has 0 aromatic carbocycles. The summed E-state index contributed by atoms with van der Waals surface area (Å²) >= 11 is 5.28. The van der Waals surface area contributed by atoms with Gasteiger partial charge in [-0.25, -0.2) is 0 Å². The molecule has 2 nitrogen and oxygen atoms in total. The van der Waals surface area contributed by atoms with Crippen LogP contribution in [0.1, 0.15) is 26.7 Å². The number of fused-ring (bicyclic) bond motifs is 2. The lowest BCUT2D eigenvalue weighted by Crippen LogP contribution is -2.51. The van der Waals surface area contributed by atoms with E-state index in [1.165, 1.54) is 12.8 Å². The Balaban J connectivity index is 1.85. The predicted molar refractivity (Wildman–Crippen MR) is 70.9 cm³/mol. The van der Waals surface area contributed by atoms with Crippen LogP contribution in [-0.4, -0.2) is 16.7 Å². The fraction of sp³-hybridized carbons (Fsp3) is 0.615. The van der Waals surface area contributed by atoms with Gasteiger partial charge < -0.3 is 10.6 Å². The van der Waals surface area contributed by atoms with Gasteiger partial charge in [0.25, 0.3) is 0 Å². The van der Waals surface area contributed by atoms with Gasteiger partial charge in [0.15, 0.2) is 5.11 Å². The summed E-state index contributed by atoms with van der Waals surface area (Å²) in [5.74, 6) is 4.09. The average molecular weight is 234 g/mol. The number of terminal acetylenes is 1. The Labute approximate surface area is 103 Å². The van der Waals surface area contributed by atoms with Gasteiger partial charge in [0.2, 0.25) is 0 Å². The van der Waals surface area contributed by atoms with E-state index in [4.69, 9.17) is 18.6 Å². The molecule has 3 heteroatoms. The molecule has 0 amide bonds. The maximum absolute atomic E-state index is 5.41. The topological polar surface area (TPSA) is 24.1 Å². The van der Waals surface area contributed by atoms with E-state index in [0.29, 0.717) is 17.1 Å². The third kappa shape index (κ3) is 2.38. The van der Waals surface area contributed by atoms with E-state index in [9.17, 15) is 0 Å². The van der Waals surface area contributed by atoms with Crippen LogP contribution in [0.3, 0.4) is 0 Å². The highest BCUT2D eigenvalue weighted by Gasteiger charge is 2.36. The number of hydrogen-bond acceptors (Lipinski definition) is 1. The van der Waals surface area contributed by atoms with Crippen molar-refractivity contribution in [2.75, 3.05) is 0 Å². The monoisotopic (exact) mass is 234 g/mol. The van der Waals surface area contributed by atoms with E-state index in [0.717, 1.165) is 5.92 Å². The smallest absolute Gasteiger partial charge is 0.167 e. The molecular weight excluding hydrogens is 216 g/mol. The first-order valence-corrected chi connectivity index (χ1v) is 6.16. The largest absolute Gasteiger partial charge is 0.359 e. The molecule has 2 aliphatic rings. The van der Waals surface area contributed by atoms with Crippen molar-refractivity contribution >= 4 is 17.3 Å². The minimum absolute atomic E-state index is 0.377. The second-order valence-electron chi connectivity index (χ2n) is 5.25. The summed E-state index contributed by atoms with van der Waals surface area (Å²) in [5.41, 5.74) is -0.377. The normalized spacial score (nSPS) is 31.2. The van der Waals surface area contributed by atoms with Gasteiger partial charge >= 0.3 is 0 Å². The molecule has 3 atom stereocenters. The summed E-state index contributed by atoms with van der Waals surface area (Å²) in [5, 5.41) is 7.20. The highest BCUT2D eigenvalue weighted by atomic mass is 32.1. The third-order valence-electron chi connectivity index (χ3n) is 3.38.